The van der Waals surface area contributed by atoms with Crippen LogP contribution in [0.4, 0.5) is 0 Å². The number of rotatable bonds is 3. The van der Waals surface area contributed by atoms with Crippen LogP contribution in [-0.2, 0) is 0 Å². The van der Waals surface area contributed by atoms with Crippen molar-refractivity contribution in [2.24, 2.45) is 5.92 Å². The highest BCUT2D eigenvalue weighted by atomic mass is 15.1. The average Bonchev–Trinajstić information content (AvgIpc) is 2.18. The SMILES string of the molecule is CCC1(CC)CNC[C@H](C(C)C)N1. The largest absolute Gasteiger partial charge is 0.313 e. The fraction of sp³-hybridized carbons (Fsp3) is 1.00. The zero-order chi connectivity index (χ0) is 9.90. The van der Waals surface area contributed by atoms with E-state index in [1.165, 1.54) is 12.8 Å². The Labute approximate surface area is 82.5 Å². The summed E-state index contributed by atoms with van der Waals surface area (Å²) in [5, 5.41) is 7.35. The van der Waals surface area contributed by atoms with E-state index in [1.54, 1.807) is 0 Å². The van der Waals surface area contributed by atoms with Gasteiger partial charge in [-0.05, 0) is 18.8 Å². The maximum absolute atomic E-state index is 3.80. The van der Waals surface area contributed by atoms with Crippen molar-refractivity contribution in [1.29, 1.82) is 0 Å². The van der Waals surface area contributed by atoms with Gasteiger partial charge in [0.15, 0.2) is 0 Å². The first-order valence-electron chi connectivity index (χ1n) is 5.62. The normalized spacial score (nSPS) is 27.9. The summed E-state index contributed by atoms with van der Waals surface area (Å²) in [4.78, 5) is 0. The molecule has 1 atom stereocenters. The third-order valence-corrected chi connectivity index (χ3v) is 3.48. The summed E-state index contributed by atoms with van der Waals surface area (Å²) in [5.74, 6) is 0.727. The molecule has 13 heavy (non-hydrogen) atoms. The van der Waals surface area contributed by atoms with Gasteiger partial charge in [0.05, 0.1) is 0 Å². The van der Waals surface area contributed by atoms with Crippen molar-refractivity contribution in [2.45, 2.75) is 52.1 Å². The third kappa shape index (κ3) is 2.44. The van der Waals surface area contributed by atoms with E-state index < -0.39 is 0 Å². The molecule has 0 aromatic carbocycles. The average molecular weight is 184 g/mol. The molecule has 2 nitrogen and oxygen atoms in total. The molecule has 0 bridgehead atoms. The van der Waals surface area contributed by atoms with E-state index in [0.29, 0.717) is 11.6 Å². The van der Waals surface area contributed by atoms with Crippen molar-refractivity contribution >= 4 is 0 Å². The Morgan fingerprint density at radius 1 is 1.31 bits per heavy atom. The lowest BCUT2D eigenvalue weighted by molar-refractivity contribution is 0.181. The highest BCUT2D eigenvalue weighted by molar-refractivity contribution is 4.96. The molecule has 1 fully saturated rings. The Morgan fingerprint density at radius 2 is 1.92 bits per heavy atom. The molecule has 1 rings (SSSR count). The van der Waals surface area contributed by atoms with Gasteiger partial charge in [-0.15, -0.1) is 0 Å². The standard InChI is InChI=1S/C11H24N2/c1-5-11(6-2)8-12-7-10(13-11)9(3)4/h9-10,12-13H,5-8H2,1-4H3/t10-/m1/s1. The summed E-state index contributed by atoms with van der Waals surface area (Å²) in [6.07, 6.45) is 2.44. The third-order valence-electron chi connectivity index (χ3n) is 3.48. The quantitative estimate of drug-likeness (QED) is 0.698. The fourth-order valence-corrected chi connectivity index (χ4v) is 2.07. The summed E-state index contributed by atoms with van der Waals surface area (Å²) in [7, 11) is 0. The van der Waals surface area contributed by atoms with Gasteiger partial charge in [-0.3, -0.25) is 0 Å². The lowest BCUT2D eigenvalue weighted by Gasteiger charge is -2.43. The van der Waals surface area contributed by atoms with E-state index in [9.17, 15) is 0 Å². The van der Waals surface area contributed by atoms with Gasteiger partial charge in [-0.1, -0.05) is 27.7 Å². The van der Waals surface area contributed by atoms with Gasteiger partial charge in [0.1, 0.15) is 0 Å². The van der Waals surface area contributed by atoms with Crippen LogP contribution in [0.15, 0.2) is 0 Å². The van der Waals surface area contributed by atoms with E-state index in [-0.39, 0.29) is 0 Å². The van der Waals surface area contributed by atoms with Crippen molar-refractivity contribution in [2.75, 3.05) is 13.1 Å². The topological polar surface area (TPSA) is 24.1 Å². The molecule has 1 aliphatic rings. The van der Waals surface area contributed by atoms with Crippen LogP contribution in [0.2, 0.25) is 0 Å². The van der Waals surface area contributed by atoms with Crippen molar-refractivity contribution in [3.05, 3.63) is 0 Å². The first-order valence-corrected chi connectivity index (χ1v) is 5.62. The number of piperazine rings is 1. The van der Waals surface area contributed by atoms with Crippen LogP contribution >= 0.6 is 0 Å². The predicted octanol–water partition coefficient (Wildman–Crippen LogP) is 1.76. The Morgan fingerprint density at radius 3 is 2.38 bits per heavy atom. The fourth-order valence-electron chi connectivity index (χ4n) is 2.07. The van der Waals surface area contributed by atoms with E-state index in [1.807, 2.05) is 0 Å². The van der Waals surface area contributed by atoms with Crippen LogP contribution in [0.3, 0.4) is 0 Å². The zero-order valence-corrected chi connectivity index (χ0v) is 9.48. The van der Waals surface area contributed by atoms with Crippen LogP contribution < -0.4 is 10.6 Å². The number of hydrogen-bond acceptors (Lipinski definition) is 2. The van der Waals surface area contributed by atoms with Gasteiger partial charge in [0, 0.05) is 24.7 Å². The van der Waals surface area contributed by atoms with Gasteiger partial charge in [-0.2, -0.15) is 0 Å². The Kier molecular flexibility index (Phi) is 3.74. The Bertz CT molecular complexity index is 150. The summed E-state index contributed by atoms with van der Waals surface area (Å²) >= 11 is 0. The zero-order valence-electron chi connectivity index (χ0n) is 9.48. The second kappa shape index (κ2) is 4.43. The van der Waals surface area contributed by atoms with Crippen molar-refractivity contribution in [3.8, 4) is 0 Å². The van der Waals surface area contributed by atoms with Crippen LogP contribution in [0.25, 0.3) is 0 Å². The van der Waals surface area contributed by atoms with Gasteiger partial charge in [-0.25, -0.2) is 0 Å². The molecule has 0 aromatic heterocycles. The summed E-state index contributed by atoms with van der Waals surface area (Å²) in [5.41, 5.74) is 0.354. The summed E-state index contributed by atoms with van der Waals surface area (Å²) in [6, 6.07) is 0.647. The lowest BCUT2D eigenvalue weighted by atomic mass is 9.87. The minimum Gasteiger partial charge on any atom is -0.313 e. The summed E-state index contributed by atoms with van der Waals surface area (Å²) < 4.78 is 0. The van der Waals surface area contributed by atoms with E-state index >= 15 is 0 Å². The van der Waals surface area contributed by atoms with E-state index in [4.69, 9.17) is 0 Å². The van der Waals surface area contributed by atoms with Crippen molar-refractivity contribution in [1.82, 2.24) is 10.6 Å². The minimum absolute atomic E-state index is 0.354. The molecule has 1 heterocycles. The first-order chi connectivity index (χ1) is 6.13. The Balaban J connectivity index is 2.58. The Hall–Kier alpha value is -0.0800. The molecule has 0 aliphatic carbocycles. The number of hydrogen-bond donors (Lipinski definition) is 2. The molecular weight excluding hydrogens is 160 g/mol. The van der Waals surface area contributed by atoms with Crippen LogP contribution in [0.5, 0.6) is 0 Å². The van der Waals surface area contributed by atoms with Crippen LogP contribution in [-0.4, -0.2) is 24.7 Å². The van der Waals surface area contributed by atoms with E-state index in [2.05, 4.69) is 38.3 Å². The van der Waals surface area contributed by atoms with E-state index in [0.717, 1.165) is 19.0 Å². The molecule has 0 unspecified atom stereocenters. The van der Waals surface area contributed by atoms with Gasteiger partial charge < -0.3 is 10.6 Å². The van der Waals surface area contributed by atoms with Crippen LogP contribution in [0.1, 0.15) is 40.5 Å². The lowest BCUT2D eigenvalue weighted by Crippen LogP contribution is -2.64. The van der Waals surface area contributed by atoms with Gasteiger partial charge in [0.2, 0.25) is 0 Å². The second-order valence-corrected chi connectivity index (χ2v) is 4.61. The molecule has 0 radical (unpaired) electrons. The molecule has 0 aromatic rings. The van der Waals surface area contributed by atoms with Gasteiger partial charge in [0.25, 0.3) is 0 Å². The summed E-state index contributed by atoms with van der Waals surface area (Å²) in [6.45, 7) is 11.4. The number of nitrogens with one attached hydrogen (secondary N) is 2. The molecule has 78 valence electrons. The molecule has 2 heteroatoms. The van der Waals surface area contributed by atoms with Crippen molar-refractivity contribution in [3.63, 3.8) is 0 Å². The first kappa shape index (κ1) is 11.0. The highest BCUT2D eigenvalue weighted by Gasteiger charge is 2.33. The van der Waals surface area contributed by atoms with Gasteiger partial charge >= 0.3 is 0 Å². The minimum atomic E-state index is 0.354. The predicted molar refractivity (Wildman–Crippen MR) is 57.9 cm³/mol. The maximum atomic E-state index is 3.80. The molecular formula is C11H24N2. The second-order valence-electron chi connectivity index (χ2n) is 4.61. The molecule has 0 saturated carbocycles. The monoisotopic (exact) mass is 184 g/mol. The smallest absolute Gasteiger partial charge is 0.0304 e. The molecule has 0 amide bonds. The molecule has 2 N–H and O–H groups in total. The molecule has 0 spiro atoms. The molecule has 1 aliphatic heterocycles. The molecule has 1 saturated heterocycles. The highest BCUT2D eigenvalue weighted by Crippen LogP contribution is 2.20. The maximum Gasteiger partial charge on any atom is 0.0304 e. The van der Waals surface area contributed by atoms with Crippen LogP contribution in [0, 0.1) is 5.92 Å². The van der Waals surface area contributed by atoms with Crippen molar-refractivity contribution < 1.29 is 0 Å².